The third-order valence-corrected chi connectivity index (χ3v) is 8.12. The standard InChI is InChI=1S/C26H31N7O2/c1-16-20-8-19(26(20,2)3)9-21(16)32-22-13-31-33(25(35)24(22)18-11-28-15-29-12-18)14-23(34)30-10-17-4-6-27-7-5-17/h4-7,11-13,15-16,19-21,32H,8-10,14H2,1-3H3,(H,30,34)/t16-,19+,20+,21+/m0/s1. The summed E-state index contributed by atoms with van der Waals surface area (Å²) < 4.78 is 1.19. The molecule has 2 bridgehead atoms. The number of fused-ring (bicyclic) bond motifs is 2. The molecule has 9 heteroatoms. The summed E-state index contributed by atoms with van der Waals surface area (Å²) in [6.45, 7) is 7.21. The van der Waals surface area contributed by atoms with Gasteiger partial charge < -0.3 is 10.6 Å². The third-order valence-electron chi connectivity index (χ3n) is 8.12. The van der Waals surface area contributed by atoms with Gasteiger partial charge in [0.2, 0.25) is 5.91 Å². The zero-order chi connectivity index (χ0) is 24.6. The van der Waals surface area contributed by atoms with E-state index in [2.05, 4.69) is 51.5 Å². The Balaban J connectivity index is 1.38. The Kier molecular flexibility index (Phi) is 6.08. The second-order valence-electron chi connectivity index (χ2n) is 10.4. The molecule has 0 saturated heterocycles. The number of nitrogens with zero attached hydrogens (tertiary/aromatic N) is 5. The third kappa shape index (κ3) is 4.42. The number of aromatic nitrogens is 5. The Bertz CT molecular complexity index is 1260. The zero-order valence-corrected chi connectivity index (χ0v) is 20.3. The van der Waals surface area contributed by atoms with Crippen molar-refractivity contribution in [1.29, 1.82) is 0 Å². The molecule has 3 aliphatic rings. The fraction of sp³-hybridized carbons (Fsp3) is 0.462. The second kappa shape index (κ2) is 9.20. The van der Waals surface area contributed by atoms with Gasteiger partial charge in [-0.05, 0) is 53.7 Å². The summed E-state index contributed by atoms with van der Waals surface area (Å²) in [4.78, 5) is 38.3. The number of amides is 1. The molecule has 0 aliphatic heterocycles. The lowest BCUT2D eigenvalue weighted by Gasteiger charge is -2.62. The second-order valence-corrected chi connectivity index (χ2v) is 10.4. The number of hydrogen-bond acceptors (Lipinski definition) is 7. The van der Waals surface area contributed by atoms with Crippen molar-refractivity contribution in [3.8, 4) is 11.1 Å². The lowest BCUT2D eigenvalue weighted by molar-refractivity contribution is -0.122. The number of pyridine rings is 1. The van der Waals surface area contributed by atoms with Crippen LogP contribution in [0.4, 0.5) is 5.69 Å². The molecule has 3 saturated carbocycles. The minimum Gasteiger partial charge on any atom is -0.380 e. The van der Waals surface area contributed by atoms with Crippen LogP contribution in [0.15, 0.2) is 54.2 Å². The molecule has 1 amide bonds. The van der Waals surface area contributed by atoms with Crippen molar-refractivity contribution in [2.24, 2.45) is 23.2 Å². The van der Waals surface area contributed by atoms with Gasteiger partial charge in [-0.15, -0.1) is 0 Å². The van der Waals surface area contributed by atoms with E-state index in [1.807, 2.05) is 12.1 Å². The Labute approximate surface area is 204 Å². The van der Waals surface area contributed by atoms with Gasteiger partial charge in [-0.25, -0.2) is 14.6 Å². The van der Waals surface area contributed by atoms with Gasteiger partial charge in [-0.1, -0.05) is 20.8 Å². The van der Waals surface area contributed by atoms with E-state index < -0.39 is 0 Å². The van der Waals surface area contributed by atoms with Crippen LogP contribution in [-0.2, 0) is 17.9 Å². The van der Waals surface area contributed by atoms with Crippen LogP contribution in [0, 0.1) is 23.2 Å². The van der Waals surface area contributed by atoms with E-state index in [0.717, 1.165) is 12.0 Å². The average Bonchev–Trinajstić information content (AvgIpc) is 2.86. The molecule has 6 rings (SSSR count). The van der Waals surface area contributed by atoms with E-state index >= 15 is 0 Å². The summed E-state index contributed by atoms with van der Waals surface area (Å²) in [6, 6.07) is 3.92. The van der Waals surface area contributed by atoms with Gasteiger partial charge >= 0.3 is 0 Å². The predicted octanol–water partition coefficient (Wildman–Crippen LogP) is 2.89. The lowest BCUT2D eigenvalue weighted by Crippen LogP contribution is -2.58. The monoisotopic (exact) mass is 473 g/mol. The van der Waals surface area contributed by atoms with Crippen molar-refractivity contribution in [3.63, 3.8) is 0 Å². The highest BCUT2D eigenvalue weighted by Crippen LogP contribution is 2.61. The summed E-state index contributed by atoms with van der Waals surface area (Å²) in [5.41, 5.74) is 2.65. The normalized spacial score (nSPS) is 24.3. The van der Waals surface area contributed by atoms with Crippen molar-refractivity contribution in [2.45, 2.75) is 52.7 Å². The van der Waals surface area contributed by atoms with Crippen molar-refractivity contribution in [3.05, 3.63) is 65.4 Å². The maximum Gasteiger partial charge on any atom is 0.277 e. The molecule has 35 heavy (non-hydrogen) atoms. The van der Waals surface area contributed by atoms with Gasteiger partial charge in [0.25, 0.3) is 5.56 Å². The molecule has 2 N–H and O–H groups in total. The molecule has 3 fully saturated rings. The maximum atomic E-state index is 13.5. The highest BCUT2D eigenvalue weighted by Gasteiger charge is 2.56. The van der Waals surface area contributed by atoms with E-state index in [1.165, 1.54) is 17.4 Å². The topological polar surface area (TPSA) is 115 Å². The number of hydrogen-bond donors (Lipinski definition) is 2. The summed E-state index contributed by atoms with van der Waals surface area (Å²) >= 11 is 0. The van der Waals surface area contributed by atoms with Crippen LogP contribution in [0.5, 0.6) is 0 Å². The van der Waals surface area contributed by atoms with Crippen LogP contribution in [-0.4, -0.2) is 36.7 Å². The molecule has 3 aromatic heterocycles. The minimum atomic E-state index is -0.349. The van der Waals surface area contributed by atoms with Gasteiger partial charge in [0, 0.05) is 42.9 Å². The Hall–Kier alpha value is -3.62. The fourth-order valence-corrected chi connectivity index (χ4v) is 5.85. The van der Waals surface area contributed by atoms with E-state index in [1.54, 1.807) is 31.0 Å². The number of nitrogens with one attached hydrogen (secondary N) is 2. The SMILES string of the molecule is C[C@H]1[C@H]2C[C@H](C[C@H]1Nc1cnn(CC(=O)NCc3ccncc3)c(=O)c1-c1cncnc1)C2(C)C. The molecular formula is C26H31N7O2. The molecule has 0 aromatic carbocycles. The quantitative estimate of drug-likeness (QED) is 0.542. The maximum absolute atomic E-state index is 13.5. The van der Waals surface area contributed by atoms with E-state index in [4.69, 9.17) is 0 Å². The van der Waals surface area contributed by atoms with Crippen LogP contribution in [0.25, 0.3) is 11.1 Å². The molecule has 3 aliphatic carbocycles. The highest BCUT2D eigenvalue weighted by atomic mass is 16.2. The summed E-state index contributed by atoms with van der Waals surface area (Å²) in [6.07, 6.45) is 12.0. The predicted molar refractivity (Wildman–Crippen MR) is 132 cm³/mol. The van der Waals surface area contributed by atoms with Gasteiger partial charge in [0.05, 0.1) is 17.4 Å². The average molecular weight is 474 g/mol. The minimum absolute atomic E-state index is 0.178. The molecule has 3 aromatic rings. The number of rotatable bonds is 7. The van der Waals surface area contributed by atoms with Crippen molar-refractivity contribution in [1.82, 2.24) is 30.0 Å². The van der Waals surface area contributed by atoms with Gasteiger partial charge in [-0.3, -0.25) is 14.6 Å². The molecule has 182 valence electrons. The summed E-state index contributed by atoms with van der Waals surface area (Å²) in [5, 5.41) is 10.8. The summed E-state index contributed by atoms with van der Waals surface area (Å²) in [7, 11) is 0. The number of carbonyl (C=O) groups excluding carboxylic acids is 1. The van der Waals surface area contributed by atoms with Gasteiger partial charge in [0.1, 0.15) is 12.9 Å². The van der Waals surface area contributed by atoms with Crippen molar-refractivity contribution >= 4 is 11.6 Å². The Morgan fingerprint density at radius 1 is 1.11 bits per heavy atom. The molecule has 0 spiro atoms. The van der Waals surface area contributed by atoms with E-state index in [9.17, 15) is 9.59 Å². The first-order valence-electron chi connectivity index (χ1n) is 12.1. The first-order valence-corrected chi connectivity index (χ1v) is 12.1. The molecular weight excluding hydrogens is 442 g/mol. The first kappa shape index (κ1) is 23.1. The molecule has 4 atom stereocenters. The number of carbonyl (C=O) groups is 1. The Morgan fingerprint density at radius 3 is 2.54 bits per heavy atom. The zero-order valence-electron chi connectivity index (χ0n) is 20.3. The smallest absolute Gasteiger partial charge is 0.277 e. The van der Waals surface area contributed by atoms with Crippen LogP contribution in [0.2, 0.25) is 0 Å². The van der Waals surface area contributed by atoms with E-state index in [-0.39, 0.29) is 24.1 Å². The van der Waals surface area contributed by atoms with Crippen LogP contribution >= 0.6 is 0 Å². The van der Waals surface area contributed by atoms with Crippen molar-refractivity contribution < 1.29 is 4.79 Å². The first-order chi connectivity index (χ1) is 16.8. The van der Waals surface area contributed by atoms with Crippen LogP contribution in [0.3, 0.4) is 0 Å². The summed E-state index contributed by atoms with van der Waals surface area (Å²) in [5.74, 6) is 1.54. The molecule has 9 nitrogen and oxygen atoms in total. The van der Waals surface area contributed by atoms with Gasteiger partial charge in [0.15, 0.2) is 0 Å². The van der Waals surface area contributed by atoms with Gasteiger partial charge in [-0.2, -0.15) is 5.10 Å². The number of anilines is 1. The molecule has 0 unspecified atom stereocenters. The molecule has 3 heterocycles. The van der Waals surface area contributed by atoms with Crippen LogP contribution in [0.1, 0.15) is 39.2 Å². The Morgan fingerprint density at radius 2 is 1.86 bits per heavy atom. The largest absolute Gasteiger partial charge is 0.380 e. The van der Waals surface area contributed by atoms with E-state index in [0.29, 0.717) is 46.5 Å². The van der Waals surface area contributed by atoms with Crippen molar-refractivity contribution in [2.75, 3.05) is 5.32 Å². The highest BCUT2D eigenvalue weighted by molar-refractivity contribution is 5.77. The fourth-order valence-electron chi connectivity index (χ4n) is 5.85. The van der Waals surface area contributed by atoms with Crippen LogP contribution < -0.4 is 16.2 Å². The lowest BCUT2D eigenvalue weighted by atomic mass is 9.45. The molecule has 0 radical (unpaired) electrons.